The van der Waals surface area contributed by atoms with Gasteiger partial charge in [0.1, 0.15) is 11.9 Å². The van der Waals surface area contributed by atoms with Crippen LogP contribution in [0, 0.1) is 0 Å². The molecule has 4 rings (SSSR count). The molecule has 4 aromatic rings. The van der Waals surface area contributed by atoms with E-state index in [0.29, 0.717) is 18.7 Å². The van der Waals surface area contributed by atoms with Crippen LogP contribution in [0.4, 0.5) is 0 Å². The smallest absolute Gasteiger partial charge is 0.338 e. The van der Waals surface area contributed by atoms with Crippen LogP contribution in [0.1, 0.15) is 59.2 Å². The van der Waals surface area contributed by atoms with Crippen LogP contribution >= 0.6 is 0 Å². The Hall–Kier alpha value is -3.44. The van der Waals surface area contributed by atoms with Gasteiger partial charge in [0.2, 0.25) is 0 Å². The van der Waals surface area contributed by atoms with Crippen molar-refractivity contribution in [1.82, 2.24) is 9.55 Å². The second-order valence-corrected chi connectivity index (χ2v) is 7.84. The molecule has 0 spiro atoms. The number of rotatable bonds is 8. The second kappa shape index (κ2) is 9.79. The number of aromatic nitrogens is 2. The number of carbonyl (C=O) groups is 1. The van der Waals surface area contributed by atoms with E-state index in [-0.39, 0.29) is 5.97 Å². The molecule has 0 aliphatic carbocycles. The van der Waals surface area contributed by atoms with E-state index in [1.165, 1.54) is 0 Å². The molecule has 5 nitrogen and oxygen atoms in total. The van der Waals surface area contributed by atoms with Crippen molar-refractivity contribution in [3.05, 3.63) is 101 Å². The number of aryl methyl sites for hydroxylation is 1. The first-order chi connectivity index (χ1) is 15.6. The summed E-state index contributed by atoms with van der Waals surface area (Å²) in [6, 6.07) is 23.2. The van der Waals surface area contributed by atoms with Gasteiger partial charge in [-0.2, -0.15) is 0 Å². The first-order valence-electron chi connectivity index (χ1n) is 11.1. The number of aliphatic hydroxyl groups excluding tert-OH is 1. The number of aliphatic hydroxyl groups is 1. The lowest BCUT2D eigenvalue weighted by Gasteiger charge is -2.12. The number of hydrogen-bond acceptors (Lipinski definition) is 4. The Morgan fingerprint density at radius 3 is 2.44 bits per heavy atom. The normalized spacial score (nSPS) is 12.1. The van der Waals surface area contributed by atoms with Crippen LogP contribution in [-0.4, -0.2) is 27.2 Å². The van der Waals surface area contributed by atoms with Gasteiger partial charge in [-0.15, -0.1) is 0 Å². The van der Waals surface area contributed by atoms with Gasteiger partial charge in [-0.3, -0.25) is 0 Å². The number of fused-ring (bicyclic) bond motifs is 1. The zero-order valence-electron chi connectivity index (χ0n) is 18.5. The Morgan fingerprint density at radius 2 is 1.75 bits per heavy atom. The maximum atomic E-state index is 11.9. The summed E-state index contributed by atoms with van der Waals surface area (Å²) in [7, 11) is 0. The van der Waals surface area contributed by atoms with Gasteiger partial charge in [-0.25, -0.2) is 9.78 Å². The molecule has 0 saturated carbocycles. The second-order valence-electron chi connectivity index (χ2n) is 7.84. The minimum atomic E-state index is -0.684. The molecule has 1 unspecified atom stereocenters. The standard InChI is InChI=1S/C27H28N2O3/c1-3-8-25-28-23-17-22(26(30)20-9-6-5-7-10-20)15-16-24(23)29(25)18-19-11-13-21(14-12-19)27(31)32-4-2/h5-7,9-17,26,30H,3-4,8,18H2,1-2H3. The van der Waals surface area contributed by atoms with Crippen LogP contribution in [0.25, 0.3) is 11.0 Å². The highest BCUT2D eigenvalue weighted by molar-refractivity contribution is 5.89. The molecule has 5 heteroatoms. The maximum absolute atomic E-state index is 11.9. The van der Waals surface area contributed by atoms with Gasteiger partial charge in [0.25, 0.3) is 0 Å². The van der Waals surface area contributed by atoms with Gasteiger partial charge < -0.3 is 14.4 Å². The number of ether oxygens (including phenoxy) is 1. The molecular weight excluding hydrogens is 400 g/mol. The Morgan fingerprint density at radius 1 is 1.00 bits per heavy atom. The molecule has 0 aliphatic rings. The molecule has 1 aromatic heterocycles. The number of nitrogens with zero attached hydrogens (tertiary/aromatic N) is 2. The molecule has 0 amide bonds. The van der Waals surface area contributed by atoms with Crippen molar-refractivity contribution in [2.45, 2.75) is 39.3 Å². The number of hydrogen-bond donors (Lipinski definition) is 1. The van der Waals surface area contributed by atoms with Crippen molar-refractivity contribution in [2.24, 2.45) is 0 Å². The Balaban J connectivity index is 1.65. The highest BCUT2D eigenvalue weighted by Gasteiger charge is 2.15. The SMILES string of the molecule is CCCc1nc2cc(C(O)c3ccccc3)ccc2n1Cc1ccc(C(=O)OCC)cc1. The molecule has 3 aromatic carbocycles. The first kappa shape index (κ1) is 21.8. The van der Waals surface area contributed by atoms with Gasteiger partial charge in [0.05, 0.1) is 23.2 Å². The van der Waals surface area contributed by atoms with E-state index in [4.69, 9.17) is 9.72 Å². The van der Waals surface area contributed by atoms with Gasteiger partial charge in [0.15, 0.2) is 0 Å². The minimum Gasteiger partial charge on any atom is -0.462 e. The van der Waals surface area contributed by atoms with Gasteiger partial charge in [-0.05, 0) is 54.3 Å². The predicted octanol–water partition coefficient (Wildman–Crippen LogP) is 5.30. The van der Waals surface area contributed by atoms with Crippen molar-refractivity contribution in [2.75, 3.05) is 6.61 Å². The summed E-state index contributed by atoms with van der Waals surface area (Å²) in [5.74, 6) is 0.714. The summed E-state index contributed by atoms with van der Waals surface area (Å²) in [5, 5.41) is 10.8. The molecule has 0 aliphatic heterocycles. The van der Waals surface area contributed by atoms with E-state index in [0.717, 1.165) is 46.4 Å². The van der Waals surface area contributed by atoms with E-state index in [9.17, 15) is 9.90 Å². The first-order valence-corrected chi connectivity index (χ1v) is 11.1. The lowest BCUT2D eigenvalue weighted by Crippen LogP contribution is -2.07. The van der Waals surface area contributed by atoms with E-state index >= 15 is 0 Å². The molecule has 1 heterocycles. The van der Waals surface area contributed by atoms with Crippen LogP contribution in [0.2, 0.25) is 0 Å². The molecule has 0 fully saturated rings. The third-order valence-corrected chi connectivity index (χ3v) is 5.56. The monoisotopic (exact) mass is 428 g/mol. The highest BCUT2D eigenvalue weighted by atomic mass is 16.5. The summed E-state index contributed by atoms with van der Waals surface area (Å²) in [5.41, 5.74) is 5.25. The fourth-order valence-corrected chi connectivity index (χ4v) is 3.93. The highest BCUT2D eigenvalue weighted by Crippen LogP contribution is 2.27. The van der Waals surface area contributed by atoms with E-state index in [1.54, 1.807) is 19.1 Å². The molecule has 0 radical (unpaired) electrons. The predicted molar refractivity (Wildman–Crippen MR) is 126 cm³/mol. The molecule has 1 atom stereocenters. The van der Waals surface area contributed by atoms with Crippen LogP contribution in [-0.2, 0) is 17.7 Å². The molecular formula is C27H28N2O3. The molecule has 0 saturated heterocycles. The van der Waals surface area contributed by atoms with Crippen molar-refractivity contribution in [3.8, 4) is 0 Å². The zero-order valence-corrected chi connectivity index (χ0v) is 18.5. The molecule has 164 valence electrons. The van der Waals surface area contributed by atoms with Crippen LogP contribution in [0.3, 0.4) is 0 Å². The number of benzene rings is 3. The summed E-state index contributed by atoms with van der Waals surface area (Å²) >= 11 is 0. The molecule has 0 bridgehead atoms. The van der Waals surface area contributed by atoms with Crippen LogP contribution in [0.5, 0.6) is 0 Å². The fourth-order valence-electron chi connectivity index (χ4n) is 3.93. The van der Waals surface area contributed by atoms with E-state index < -0.39 is 6.10 Å². The largest absolute Gasteiger partial charge is 0.462 e. The summed E-state index contributed by atoms with van der Waals surface area (Å²) in [4.78, 5) is 16.8. The molecule has 1 N–H and O–H groups in total. The number of carbonyl (C=O) groups excluding carboxylic acids is 1. The van der Waals surface area contributed by atoms with Crippen LogP contribution < -0.4 is 0 Å². The van der Waals surface area contributed by atoms with Crippen LogP contribution in [0.15, 0.2) is 72.8 Å². The number of imidazole rings is 1. The minimum absolute atomic E-state index is 0.302. The summed E-state index contributed by atoms with van der Waals surface area (Å²) in [6.07, 6.45) is 1.17. The zero-order chi connectivity index (χ0) is 22.5. The Kier molecular flexibility index (Phi) is 6.66. The summed E-state index contributed by atoms with van der Waals surface area (Å²) in [6.45, 7) is 4.97. The lowest BCUT2D eigenvalue weighted by atomic mass is 10.0. The lowest BCUT2D eigenvalue weighted by molar-refractivity contribution is 0.0526. The third-order valence-electron chi connectivity index (χ3n) is 5.56. The average Bonchev–Trinajstić information content (AvgIpc) is 3.16. The van der Waals surface area contributed by atoms with E-state index in [2.05, 4.69) is 11.5 Å². The molecule has 32 heavy (non-hydrogen) atoms. The quantitative estimate of drug-likeness (QED) is 0.387. The maximum Gasteiger partial charge on any atom is 0.338 e. The Bertz CT molecular complexity index is 1200. The van der Waals surface area contributed by atoms with Crippen molar-refractivity contribution in [3.63, 3.8) is 0 Å². The van der Waals surface area contributed by atoms with Gasteiger partial charge >= 0.3 is 5.97 Å². The van der Waals surface area contributed by atoms with Crippen molar-refractivity contribution >= 4 is 17.0 Å². The van der Waals surface area contributed by atoms with Crippen molar-refractivity contribution < 1.29 is 14.6 Å². The fraction of sp³-hybridized carbons (Fsp3) is 0.259. The van der Waals surface area contributed by atoms with Gasteiger partial charge in [-0.1, -0.05) is 55.5 Å². The number of esters is 1. The van der Waals surface area contributed by atoms with Gasteiger partial charge in [0, 0.05) is 13.0 Å². The topological polar surface area (TPSA) is 64.4 Å². The Labute approximate surface area is 188 Å². The van der Waals surface area contributed by atoms with E-state index in [1.807, 2.05) is 60.7 Å². The van der Waals surface area contributed by atoms with Crippen molar-refractivity contribution in [1.29, 1.82) is 0 Å². The summed E-state index contributed by atoms with van der Waals surface area (Å²) < 4.78 is 7.29. The third kappa shape index (κ3) is 4.58. The average molecular weight is 429 g/mol.